The molecule has 0 saturated heterocycles. The number of aromatic nitrogens is 1. The fraction of sp³-hybridized carbons (Fsp3) is 0.278. The molecule has 0 spiro atoms. The van der Waals surface area contributed by atoms with E-state index >= 15 is 0 Å². The van der Waals surface area contributed by atoms with Crippen LogP contribution in [0, 0.1) is 6.92 Å². The van der Waals surface area contributed by atoms with E-state index in [0.717, 1.165) is 11.3 Å². The Kier molecular flexibility index (Phi) is 5.78. The summed E-state index contributed by atoms with van der Waals surface area (Å²) in [5.41, 5.74) is 5.74. The third kappa shape index (κ3) is 4.04. The predicted molar refractivity (Wildman–Crippen MR) is 104 cm³/mol. The number of pyridine rings is 1. The fourth-order valence-electron chi connectivity index (χ4n) is 2.79. The summed E-state index contributed by atoms with van der Waals surface area (Å²) in [6.45, 7) is 2.74. The predicted octanol–water partition coefficient (Wildman–Crippen LogP) is 1.09. The zero-order valence-electron chi connectivity index (χ0n) is 15.7. The molecule has 1 aliphatic heterocycles. The second-order valence-electron chi connectivity index (χ2n) is 5.99. The van der Waals surface area contributed by atoms with E-state index < -0.39 is 23.7 Å². The molecule has 29 heavy (non-hydrogen) atoms. The lowest BCUT2D eigenvalue weighted by Crippen LogP contribution is -2.44. The Bertz CT molecular complexity index is 1000. The summed E-state index contributed by atoms with van der Waals surface area (Å²) >= 11 is 0.874. The van der Waals surface area contributed by atoms with Crippen LogP contribution in [0.1, 0.15) is 32.5 Å². The van der Waals surface area contributed by atoms with E-state index in [1.165, 1.54) is 11.1 Å². The smallest absolute Gasteiger partial charge is 0.341 e. The lowest BCUT2D eigenvalue weighted by atomic mass is 10.1. The number of hydrogen-bond acceptors (Lipinski definition) is 8. The molecule has 2 aromatic rings. The number of amides is 3. The average Bonchev–Trinajstić information content (AvgIpc) is 3.00. The normalized spacial score (nSPS) is 12.8. The van der Waals surface area contributed by atoms with E-state index in [4.69, 9.17) is 15.2 Å². The second-order valence-corrected chi connectivity index (χ2v) is 7.01. The number of ether oxygens (including phenoxy) is 2. The molecule has 0 radical (unpaired) electrons. The van der Waals surface area contributed by atoms with Crippen molar-refractivity contribution in [1.29, 1.82) is 0 Å². The lowest BCUT2D eigenvalue weighted by molar-refractivity contribution is -0.123. The monoisotopic (exact) mass is 418 g/mol. The molecule has 0 aromatic carbocycles. The first kappa shape index (κ1) is 20.3. The number of carbonyl (C=O) groups is 4. The van der Waals surface area contributed by atoms with Crippen LogP contribution in [0.3, 0.4) is 0 Å². The summed E-state index contributed by atoms with van der Waals surface area (Å²) in [6.07, 6.45) is 1.48. The molecule has 0 aliphatic carbocycles. The molecule has 0 unspecified atom stereocenters. The number of nitrogens with zero attached hydrogens (tertiary/aromatic N) is 2. The van der Waals surface area contributed by atoms with Gasteiger partial charge in [-0.1, -0.05) is 0 Å². The quantitative estimate of drug-likeness (QED) is 0.669. The number of thiophene rings is 1. The van der Waals surface area contributed by atoms with Crippen molar-refractivity contribution in [2.24, 2.45) is 5.73 Å². The first-order valence-electron chi connectivity index (χ1n) is 8.61. The Balaban J connectivity index is 1.86. The van der Waals surface area contributed by atoms with Gasteiger partial charge in [-0.15, -0.1) is 11.3 Å². The van der Waals surface area contributed by atoms with E-state index in [1.807, 2.05) is 0 Å². The molecule has 152 valence electrons. The Morgan fingerprint density at radius 1 is 1.41 bits per heavy atom. The van der Waals surface area contributed by atoms with E-state index in [9.17, 15) is 19.2 Å². The van der Waals surface area contributed by atoms with Gasteiger partial charge in [0.25, 0.3) is 11.8 Å². The molecule has 2 aromatic heterocycles. The van der Waals surface area contributed by atoms with Crippen LogP contribution < -0.4 is 20.7 Å². The van der Waals surface area contributed by atoms with E-state index in [-0.39, 0.29) is 41.0 Å². The fourth-order valence-corrected chi connectivity index (χ4v) is 3.85. The van der Waals surface area contributed by atoms with Crippen molar-refractivity contribution in [3.63, 3.8) is 0 Å². The van der Waals surface area contributed by atoms with E-state index in [0.29, 0.717) is 11.3 Å². The van der Waals surface area contributed by atoms with Crippen molar-refractivity contribution in [2.75, 3.05) is 30.0 Å². The maximum absolute atomic E-state index is 12.6. The van der Waals surface area contributed by atoms with Crippen LogP contribution in [0.25, 0.3) is 0 Å². The summed E-state index contributed by atoms with van der Waals surface area (Å²) in [4.78, 5) is 54.2. The number of nitrogens with two attached hydrogens (primary N) is 1. The van der Waals surface area contributed by atoms with Crippen LogP contribution in [-0.4, -0.2) is 48.4 Å². The van der Waals surface area contributed by atoms with Gasteiger partial charge in [0.05, 0.1) is 17.0 Å². The molecular weight excluding hydrogens is 400 g/mol. The minimum atomic E-state index is -0.722. The van der Waals surface area contributed by atoms with Gasteiger partial charge in [0.15, 0.2) is 18.2 Å². The minimum absolute atomic E-state index is 0.0610. The molecule has 10 nitrogen and oxygen atoms in total. The number of carbonyl (C=O) groups excluding carboxylic acids is 4. The summed E-state index contributed by atoms with van der Waals surface area (Å²) < 4.78 is 10.3. The molecule has 3 amide bonds. The van der Waals surface area contributed by atoms with Crippen molar-refractivity contribution >= 4 is 45.8 Å². The van der Waals surface area contributed by atoms with E-state index in [2.05, 4.69) is 10.3 Å². The molecule has 0 atom stereocenters. The number of hydrogen-bond donors (Lipinski definition) is 2. The number of rotatable bonds is 6. The highest BCUT2D eigenvalue weighted by Crippen LogP contribution is 2.34. The van der Waals surface area contributed by atoms with Gasteiger partial charge >= 0.3 is 5.97 Å². The van der Waals surface area contributed by atoms with Crippen molar-refractivity contribution in [2.45, 2.75) is 13.8 Å². The van der Waals surface area contributed by atoms with Gasteiger partial charge in [-0.05, 0) is 31.5 Å². The third-order valence-electron chi connectivity index (χ3n) is 4.06. The first-order valence-corrected chi connectivity index (χ1v) is 9.43. The zero-order chi connectivity index (χ0) is 21.1. The van der Waals surface area contributed by atoms with Crippen molar-refractivity contribution < 1.29 is 28.7 Å². The minimum Gasteiger partial charge on any atom is -0.480 e. The highest BCUT2D eigenvalue weighted by molar-refractivity contribution is 7.18. The van der Waals surface area contributed by atoms with Gasteiger partial charge in [-0.25, -0.2) is 9.78 Å². The number of esters is 1. The average molecular weight is 418 g/mol. The molecule has 0 bridgehead atoms. The molecule has 3 rings (SSSR count). The van der Waals surface area contributed by atoms with Gasteiger partial charge in [0.2, 0.25) is 5.91 Å². The molecule has 3 N–H and O–H groups in total. The third-order valence-corrected chi connectivity index (χ3v) is 5.29. The second kappa shape index (κ2) is 8.27. The van der Waals surface area contributed by atoms with Gasteiger partial charge in [-0.3, -0.25) is 19.3 Å². The number of fused-ring (bicyclic) bond motifs is 1. The molecule has 0 saturated carbocycles. The summed E-state index contributed by atoms with van der Waals surface area (Å²) in [7, 11) is 0. The number of anilines is 2. The molecule has 11 heteroatoms. The van der Waals surface area contributed by atoms with Crippen LogP contribution in [0.2, 0.25) is 0 Å². The Hall–Kier alpha value is -3.47. The summed E-state index contributed by atoms with van der Waals surface area (Å²) in [5.74, 6) is -1.81. The SMILES string of the molecule is CCOC(=O)c1c(NC(=O)CN2C(=O)COc3cccnc32)sc(C(N)=O)c1C. The van der Waals surface area contributed by atoms with Crippen LogP contribution in [0.15, 0.2) is 18.3 Å². The largest absolute Gasteiger partial charge is 0.480 e. The molecule has 3 heterocycles. The van der Waals surface area contributed by atoms with Gasteiger partial charge < -0.3 is 20.5 Å². The first-order chi connectivity index (χ1) is 13.8. The molecule has 0 fully saturated rings. The Labute approximate surface area is 169 Å². The standard InChI is InChI=1S/C18H18N4O6S/c1-3-27-18(26)13-9(2)14(15(19)25)29-17(13)21-11(23)7-22-12(24)8-28-10-5-4-6-20-16(10)22/h4-6H,3,7-8H2,1-2H3,(H2,19,25)(H,21,23). The maximum Gasteiger partial charge on any atom is 0.341 e. The van der Waals surface area contributed by atoms with E-state index in [1.54, 1.807) is 26.0 Å². The lowest BCUT2D eigenvalue weighted by Gasteiger charge is -2.27. The van der Waals surface area contributed by atoms with Gasteiger partial charge in [-0.2, -0.15) is 0 Å². The highest BCUT2D eigenvalue weighted by Gasteiger charge is 2.30. The van der Waals surface area contributed by atoms with Crippen molar-refractivity contribution in [3.05, 3.63) is 34.3 Å². The maximum atomic E-state index is 12.6. The summed E-state index contributed by atoms with van der Waals surface area (Å²) in [5, 5.41) is 2.70. The number of primary amides is 1. The van der Waals surface area contributed by atoms with Crippen LogP contribution >= 0.6 is 11.3 Å². The van der Waals surface area contributed by atoms with Crippen LogP contribution in [0.4, 0.5) is 10.8 Å². The molecular formula is C18H18N4O6S. The van der Waals surface area contributed by atoms with Crippen LogP contribution in [-0.2, 0) is 14.3 Å². The van der Waals surface area contributed by atoms with Crippen molar-refractivity contribution in [1.82, 2.24) is 4.98 Å². The van der Waals surface area contributed by atoms with Gasteiger partial charge in [0.1, 0.15) is 11.5 Å². The topological polar surface area (TPSA) is 141 Å². The number of nitrogens with one attached hydrogen (secondary N) is 1. The highest BCUT2D eigenvalue weighted by atomic mass is 32.1. The van der Waals surface area contributed by atoms with Crippen LogP contribution in [0.5, 0.6) is 5.75 Å². The molecule has 1 aliphatic rings. The Morgan fingerprint density at radius 2 is 2.17 bits per heavy atom. The van der Waals surface area contributed by atoms with Gasteiger partial charge in [0, 0.05) is 6.20 Å². The Morgan fingerprint density at radius 3 is 2.86 bits per heavy atom. The van der Waals surface area contributed by atoms with Crippen molar-refractivity contribution in [3.8, 4) is 5.75 Å². The summed E-state index contributed by atoms with van der Waals surface area (Å²) in [6, 6.07) is 3.29. The zero-order valence-corrected chi connectivity index (χ0v) is 16.5.